The Morgan fingerprint density at radius 1 is 0.933 bits per heavy atom. The Hall–Kier alpha value is -3.31. The molecule has 1 heterocycles. The van der Waals surface area contributed by atoms with Crippen molar-refractivity contribution in [3.63, 3.8) is 0 Å². The molecule has 0 bridgehead atoms. The highest BCUT2D eigenvalue weighted by molar-refractivity contribution is 6.00. The number of morpholine rings is 1. The first-order valence-corrected chi connectivity index (χ1v) is 10.3. The summed E-state index contributed by atoms with van der Waals surface area (Å²) < 4.78 is 5.42. The second kappa shape index (κ2) is 9.46. The molecule has 1 fully saturated rings. The molecule has 0 aromatic heterocycles. The lowest BCUT2D eigenvalue weighted by Crippen LogP contribution is -2.36. The van der Waals surface area contributed by atoms with Crippen LogP contribution >= 0.6 is 0 Å². The standard InChI is InChI=1S/C25H27N3O2/c1-27(19-20-11-13-22(14-12-20)28-15-17-30-18-16-28)25(29)23-9-5-6-10-24(23)26-21-7-3-2-4-8-21/h2-14,26H,15-19H2,1H3. The molecule has 1 amide bonds. The van der Waals surface area contributed by atoms with Crippen LogP contribution < -0.4 is 10.2 Å². The Labute approximate surface area is 177 Å². The van der Waals surface area contributed by atoms with Gasteiger partial charge in [0.2, 0.25) is 0 Å². The summed E-state index contributed by atoms with van der Waals surface area (Å²) in [6.07, 6.45) is 0. The van der Waals surface area contributed by atoms with Crippen LogP contribution in [-0.2, 0) is 11.3 Å². The predicted octanol–water partition coefficient (Wildman–Crippen LogP) is 4.54. The molecule has 4 rings (SSSR count). The van der Waals surface area contributed by atoms with Gasteiger partial charge in [-0.15, -0.1) is 0 Å². The number of para-hydroxylation sites is 2. The molecule has 1 N–H and O–H groups in total. The number of hydrogen-bond donors (Lipinski definition) is 1. The summed E-state index contributed by atoms with van der Waals surface area (Å²) in [5.74, 6) is -0.00807. The summed E-state index contributed by atoms with van der Waals surface area (Å²) in [5, 5.41) is 3.35. The molecular weight excluding hydrogens is 374 g/mol. The van der Waals surface area contributed by atoms with Gasteiger partial charge in [-0.25, -0.2) is 0 Å². The number of anilines is 3. The number of hydrogen-bond acceptors (Lipinski definition) is 4. The third kappa shape index (κ3) is 4.81. The second-order valence-electron chi connectivity index (χ2n) is 7.46. The van der Waals surface area contributed by atoms with E-state index in [1.807, 2.05) is 61.6 Å². The first-order valence-electron chi connectivity index (χ1n) is 10.3. The second-order valence-corrected chi connectivity index (χ2v) is 7.46. The number of rotatable bonds is 6. The van der Waals surface area contributed by atoms with Crippen LogP contribution in [0.2, 0.25) is 0 Å². The maximum absolute atomic E-state index is 13.1. The maximum atomic E-state index is 13.1. The highest BCUT2D eigenvalue weighted by Crippen LogP contribution is 2.23. The predicted molar refractivity (Wildman–Crippen MR) is 121 cm³/mol. The fraction of sp³-hybridized carbons (Fsp3) is 0.240. The number of carbonyl (C=O) groups is 1. The van der Waals surface area contributed by atoms with Gasteiger partial charge in [-0.05, 0) is 42.0 Å². The van der Waals surface area contributed by atoms with E-state index < -0.39 is 0 Å². The average Bonchev–Trinajstić information content (AvgIpc) is 2.81. The van der Waals surface area contributed by atoms with E-state index >= 15 is 0 Å². The molecule has 5 nitrogen and oxygen atoms in total. The zero-order valence-corrected chi connectivity index (χ0v) is 17.3. The molecule has 0 unspecified atom stereocenters. The van der Waals surface area contributed by atoms with Crippen LogP contribution in [0.4, 0.5) is 17.1 Å². The van der Waals surface area contributed by atoms with Gasteiger partial charge in [0.15, 0.2) is 0 Å². The Bertz CT molecular complexity index is 967. The van der Waals surface area contributed by atoms with E-state index in [1.165, 1.54) is 5.69 Å². The molecule has 3 aromatic carbocycles. The molecule has 0 aliphatic carbocycles. The van der Waals surface area contributed by atoms with Crippen molar-refractivity contribution in [2.45, 2.75) is 6.54 Å². The summed E-state index contributed by atoms with van der Waals surface area (Å²) in [4.78, 5) is 17.2. The summed E-state index contributed by atoms with van der Waals surface area (Å²) in [5.41, 5.74) is 4.74. The average molecular weight is 402 g/mol. The topological polar surface area (TPSA) is 44.8 Å². The minimum atomic E-state index is -0.00807. The van der Waals surface area contributed by atoms with E-state index in [4.69, 9.17) is 4.74 Å². The van der Waals surface area contributed by atoms with Crippen molar-refractivity contribution in [1.29, 1.82) is 0 Å². The number of ether oxygens (including phenoxy) is 1. The van der Waals surface area contributed by atoms with Crippen LogP contribution in [0.5, 0.6) is 0 Å². The van der Waals surface area contributed by atoms with Gasteiger partial charge < -0.3 is 19.9 Å². The van der Waals surface area contributed by atoms with Crippen molar-refractivity contribution in [3.8, 4) is 0 Å². The number of amides is 1. The maximum Gasteiger partial charge on any atom is 0.256 e. The monoisotopic (exact) mass is 401 g/mol. The van der Waals surface area contributed by atoms with Gasteiger partial charge in [0.05, 0.1) is 24.5 Å². The zero-order valence-electron chi connectivity index (χ0n) is 17.3. The van der Waals surface area contributed by atoms with Crippen LogP contribution in [-0.4, -0.2) is 44.2 Å². The Balaban J connectivity index is 1.44. The highest BCUT2D eigenvalue weighted by atomic mass is 16.5. The summed E-state index contributed by atoms with van der Waals surface area (Å²) in [6.45, 7) is 3.94. The Morgan fingerprint density at radius 2 is 1.60 bits per heavy atom. The molecule has 0 radical (unpaired) electrons. The normalized spacial score (nSPS) is 13.7. The number of carbonyl (C=O) groups excluding carboxylic acids is 1. The van der Waals surface area contributed by atoms with Gasteiger partial charge in [-0.2, -0.15) is 0 Å². The molecule has 154 valence electrons. The highest BCUT2D eigenvalue weighted by Gasteiger charge is 2.16. The van der Waals surface area contributed by atoms with Crippen LogP contribution in [0.25, 0.3) is 0 Å². The smallest absolute Gasteiger partial charge is 0.256 e. The number of nitrogens with one attached hydrogen (secondary N) is 1. The van der Waals surface area contributed by atoms with Crippen LogP contribution in [0.1, 0.15) is 15.9 Å². The molecular formula is C25H27N3O2. The van der Waals surface area contributed by atoms with Crippen LogP contribution in [0.15, 0.2) is 78.9 Å². The fourth-order valence-corrected chi connectivity index (χ4v) is 3.64. The third-order valence-electron chi connectivity index (χ3n) is 5.29. The van der Waals surface area contributed by atoms with Crippen molar-refractivity contribution in [1.82, 2.24) is 4.90 Å². The van der Waals surface area contributed by atoms with E-state index in [-0.39, 0.29) is 5.91 Å². The lowest BCUT2D eigenvalue weighted by atomic mass is 10.1. The first-order chi connectivity index (χ1) is 14.7. The lowest BCUT2D eigenvalue weighted by molar-refractivity contribution is 0.0786. The number of nitrogens with zero attached hydrogens (tertiary/aromatic N) is 2. The first kappa shape index (κ1) is 20.0. The molecule has 30 heavy (non-hydrogen) atoms. The van der Waals surface area contributed by atoms with Gasteiger partial charge in [-0.1, -0.05) is 42.5 Å². The van der Waals surface area contributed by atoms with E-state index in [0.717, 1.165) is 43.2 Å². The fourth-order valence-electron chi connectivity index (χ4n) is 3.64. The molecule has 1 aliphatic heterocycles. The SMILES string of the molecule is CN(Cc1ccc(N2CCOCC2)cc1)C(=O)c1ccccc1Nc1ccccc1. The largest absolute Gasteiger partial charge is 0.378 e. The molecule has 0 spiro atoms. The molecule has 1 aliphatic rings. The summed E-state index contributed by atoms with van der Waals surface area (Å²) >= 11 is 0. The van der Waals surface area contributed by atoms with Gasteiger partial charge >= 0.3 is 0 Å². The van der Waals surface area contributed by atoms with Gasteiger partial charge in [0.1, 0.15) is 0 Å². The van der Waals surface area contributed by atoms with E-state index in [1.54, 1.807) is 4.90 Å². The molecule has 0 atom stereocenters. The molecule has 1 saturated heterocycles. The molecule has 0 saturated carbocycles. The minimum Gasteiger partial charge on any atom is -0.378 e. The van der Waals surface area contributed by atoms with Gasteiger partial charge in [-0.3, -0.25) is 4.79 Å². The van der Waals surface area contributed by atoms with Crippen LogP contribution in [0, 0.1) is 0 Å². The van der Waals surface area contributed by atoms with Crippen molar-refractivity contribution in [3.05, 3.63) is 90.0 Å². The third-order valence-corrected chi connectivity index (χ3v) is 5.29. The summed E-state index contributed by atoms with van der Waals surface area (Å²) in [6, 6.07) is 26.0. The molecule has 3 aromatic rings. The van der Waals surface area contributed by atoms with Gasteiger partial charge in [0, 0.05) is 38.1 Å². The summed E-state index contributed by atoms with van der Waals surface area (Å²) in [7, 11) is 1.84. The van der Waals surface area contributed by atoms with Gasteiger partial charge in [0.25, 0.3) is 5.91 Å². The van der Waals surface area contributed by atoms with E-state index in [9.17, 15) is 4.79 Å². The Kier molecular flexibility index (Phi) is 6.30. The van der Waals surface area contributed by atoms with Crippen molar-refractivity contribution < 1.29 is 9.53 Å². The van der Waals surface area contributed by atoms with Crippen molar-refractivity contribution >= 4 is 23.0 Å². The van der Waals surface area contributed by atoms with Crippen molar-refractivity contribution in [2.24, 2.45) is 0 Å². The molecule has 5 heteroatoms. The minimum absolute atomic E-state index is 0.00807. The van der Waals surface area contributed by atoms with Crippen molar-refractivity contribution in [2.75, 3.05) is 43.6 Å². The van der Waals surface area contributed by atoms with Crippen LogP contribution in [0.3, 0.4) is 0 Å². The Morgan fingerprint density at radius 3 is 2.33 bits per heavy atom. The lowest BCUT2D eigenvalue weighted by Gasteiger charge is -2.29. The van der Waals surface area contributed by atoms with E-state index in [2.05, 4.69) is 34.5 Å². The quantitative estimate of drug-likeness (QED) is 0.659. The van der Waals surface area contributed by atoms with E-state index in [0.29, 0.717) is 12.1 Å². The number of benzene rings is 3. The zero-order chi connectivity index (χ0) is 20.8.